The largest absolute Gasteiger partial charge is 0.495 e. The van der Waals surface area contributed by atoms with Crippen molar-refractivity contribution in [1.29, 1.82) is 0 Å². The minimum atomic E-state index is -0.414. The monoisotopic (exact) mass is 447 g/mol. The molecule has 0 saturated heterocycles. The van der Waals surface area contributed by atoms with E-state index in [0.717, 1.165) is 10.0 Å². The number of benzene rings is 2. The third-order valence-corrected chi connectivity index (χ3v) is 4.13. The number of anilines is 1. The smallest absolute Gasteiger partial charge is 0.277 e. The van der Waals surface area contributed by atoms with Gasteiger partial charge in [-0.2, -0.15) is 5.10 Å². The first-order chi connectivity index (χ1) is 13.4. The van der Waals surface area contributed by atoms with Crippen molar-refractivity contribution in [1.82, 2.24) is 5.43 Å². The topological polar surface area (TPSA) is 89.0 Å². The van der Waals surface area contributed by atoms with Gasteiger partial charge >= 0.3 is 0 Å². The van der Waals surface area contributed by atoms with Gasteiger partial charge in [0.2, 0.25) is 5.91 Å². The maximum absolute atomic E-state index is 12.2. The molecule has 2 N–H and O–H groups in total. The molecule has 0 atom stereocenters. The fourth-order valence-electron chi connectivity index (χ4n) is 2.26. The van der Waals surface area contributed by atoms with Gasteiger partial charge in [-0.15, -0.1) is 0 Å². The maximum atomic E-state index is 12.2. The number of rotatable bonds is 8. The van der Waals surface area contributed by atoms with Crippen LogP contribution < -0.4 is 20.2 Å². The second-order valence-electron chi connectivity index (χ2n) is 6.05. The summed E-state index contributed by atoms with van der Waals surface area (Å²) in [6.07, 6.45) is 0.0327. The highest BCUT2D eigenvalue weighted by Gasteiger charge is 2.10. The first kappa shape index (κ1) is 21.4. The number of carbonyl (C=O) groups is 2. The van der Waals surface area contributed by atoms with Gasteiger partial charge in [0.05, 0.1) is 19.2 Å². The van der Waals surface area contributed by atoms with Gasteiger partial charge in [0, 0.05) is 10.2 Å². The molecule has 2 aromatic carbocycles. The molecule has 0 heterocycles. The Labute approximate surface area is 172 Å². The Morgan fingerprint density at radius 1 is 1.11 bits per heavy atom. The lowest BCUT2D eigenvalue weighted by molar-refractivity contribution is -0.123. The summed E-state index contributed by atoms with van der Waals surface area (Å²) in [6, 6.07) is 12.6. The van der Waals surface area contributed by atoms with Gasteiger partial charge < -0.3 is 14.8 Å². The maximum Gasteiger partial charge on any atom is 0.277 e. The summed E-state index contributed by atoms with van der Waals surface area (Å²) in [5, 5.41) is 6.72. The van der Waals surface area contributed by atoms with Crippen molar-refractivity contribution in [3.05, 3.63) is 52.5 Å². The zero-order valence-electron chi connectivity index (χ0n) is 15.9. The highest BCUT2D eigenvalue weighted by Crippen LogP contribution is 2.25. The van der Waals surface area contributed by atoms with E-state index in [4.69, 9.17) is 9.47 Å². The Bertz CT molecular complexity index is 866. The molecule has 0 aromatic heterocycles. The lowest BCUT2D eigenvalue weighted by atomic mass is 10.2. The van der Waals surface area contributed by atoms with Crippen LogP contribution in [0.15, 0.2) is 52.0 Å². The van der Waals surface area contributed by atoms with Gasteiger partial charge in [0.15, 0.2) is 6.61 Å². The molecule has 2 aromatic rings. The molecule has 28 heavy (non-hydrogen) atoms. The molecule has 0 aliphatic rings. The number of halogens is 1. The molecule has 7 nitrogen and oxygen atoms in total. The van der Waals surface area contributed by atoms with E-state index < -0.39 is 5.91 Å². The minimum Gasteiger partial charge on any atom is -0.495 e. The summed E-state index contributed by atoms with van der Waals surface area (Å²) >= 11 is 3.33. The van der Waals surface area contributed by atoms with Gasteiger partial charge in [-0.3, -0.25) is 9.59 Å². The molecular weight excluding hydrogens is 426 g/mol. The van der Waals surface area contributed by atoms with Crippen LogP contribution in [0.5, 0.6) is 11.5 Å². The summed E-state index contributed by atoms with van der Waals surface area (Å²) < 4.78 is 11.5. The SMILES string of the molecule is COc1ccc(C)cc1NC(=O)C/C(C)=N/NC(=O)COc1ccc(Br)cc1. The van der Waals surface area contributed by atoms with E-state index in [1.807, 2.05) is 31.2 Å². The Hall–Kier alpha value is -2.87. The Morgan fingerprint density at radius 3 is 2.50 bits per heavy atom. The van der Waals surface area contributed by atoms with Gasteiger partial charge in [-0.1, -0.05) is 22.0 Å². The molecular formula is C20H22BrN3O4. The predicted molar refractivity (Wildman–Crippen MR) is 112 cm³/mol. The zero-order valence-corrected chi connectivity index (χ0v) is 17.5. The average Bonchev–Trinajstić information content (AvgIpc) is 2.66. The molecule has 0 aliphatic carbocycles. The number of hydrogen-bond acceptors (Lipinski definition) is 5. The van der Waals surface area contributed by atoms with Crippen LogP contribution in [0.4, 0.5) is 5.69 Å². The van der Waals surface area contributed by atoms with E-state index in [0.29, 0.717) is 22.9 Å². The van der Waals surface area contributed by atoms with Crippen LogP contribution in [-0.2, 0) is 9.59 Å². The highest BCUT2D eigenvalue weighted by atomic mass is 79.9. The number of nitrogens with zero attached hydrogens (tertiary/aromatic N) is 1. The van der Waals surface area contributed by atoms with Crippen molar-refractivity contribution in [2.24, 2.45) is 5.10 Å². The Balaban J connectivity index is 1.81. The summed E-state index contributed by atoms with van der Waals surface area (Å²) in [5.41, 5.74) is 4.42. The van der Waals surface area contributed by atoms with Crippen LogP contribution in [0.3, 0.4) is 0 Å². The van der Waals surface area contributed by atoms with Gasteiger partial charge in [0.1, 0.15) is 11.5 Å². The molecule has 0 radical (unpaired) electrons. The Kier molecular flexibility index (Phi) is 8.01. The van der Waals surface area contributed by atoms with E-state index in [-0.39, 0.29) is 18.9 Å². The van der Waals surface area contributed by atoms with Crippen LogP contribution >= 0.6 is 15.9 Å². The number of hydrazone groups is 1. The van der Waals surface area contributed by atoms with Crippen LogP contribution in [0, 0.1) is 6.92 Å². The molecule has 2 rings (SSSR count). The number of hydrogen-bond donors (Lipinski definition) is 2. The summed E-state index contributed by atoms with van der Waals surface area (Å²) in [6.45, 7) is 3.40. The third kappa shape index (κ3) is 7.03. The van der Waals surface area contributed by atoms with Crippen molar-refractivity contribution in [2.75, 3.05) is 19.0 Å². The van der Waals surface area contributed by atoms with Crippen molar-refractivity contribution >= 4 is 39.1 Å². The van der Waals surface area contributed by atoms with E-state index in [1.54, 1.807) is 32.2 Å². The molecule has 0 saturated carbocycles. The van der Waals surface area contributed by atoms with Crippen molar-refractivity contribution < 1.29 is 19.1 Å². The molecule has 148 valence electrons. The molecule has 8 heteroatoms. The van der Waals surface area contributed by atoms with E-state index >= 15 is 0 Å². The highest BCUT2D eigenvalue weighted by molar-refractivity contribution is 9.10. The predicted octanol–water partition coefficient (Wildman–Crippen LogP) is 3.67. The first-order valence-corrected chi connectivity index (χ1v) is 9.31. The quantitative estimate of drug-likeness (QED) is 0.477. The van der Waals surface area contributed by atoms with E-state index in [1.165, 1.54) is 0 Å². The van der Waals surface area contributed by atoms with Gasteiger partial charge in [0.25, 0.3) is 5.91 Å². The fourth-order valence-corrected chi connectivity index (χ4v) is 2.52. The molecule has 0 spiro atoms. The van der Waals surface area contributed by atoms with Crippen LogP contribution in [0.25, 0.3) is 0 Å². The van der Waals surface area contributed by atoms with Gasteiger partial charge in [-0.25, -0.2) is 5.43 Å². The summed E-state index contributed by atoms with van der Waals surface area (Å²) in [5.74, 6) is 0.478. The van der Waals surface area contributed by atoms with E-state index in [9.17, 15) is 9.59 Å². The minimum absolute atomic E-state index is 0.0327. The lowest BCUT2D eigenvalue weighted by Gasteiger charge is -2.11. The first-order valence-electron chi connectivity index (χ1n) is 8.52. The van der Waals surface area contributed by atoms with Crippen LogP contribution in [-0.4, -0.2) is 31.2 Å². The Morgan fingerprint density at radius 2 is 1.82 bits per heavy atom. The van der Waals surface area contributed by atoms with Crippen LogP contribution in [0.1, 0.15) is 18.9 Å². The molecule has 2 amide bonds. The molecule has 0 aliphatic heterocycles. The summed E-state index contributed by atoms with van der Waals surface area (Å²) in [4.78, 5) is 24.0. The number of ether oxygens (including phenoxy) is 2. The number of nitrogens with one attached hydrogen (secondary N) is 2. The van der Waals surface area contributed by atoms with E-state index in [2.05, 4.69) is 31.8 Å². The lowest BCUT2D eigenvalue weighted by Crippen LogP contribution is -2.26. The second-order valence-corrected chi connectivity index (χ2v) is 6.97. The third-order valence-electron chi connectivity index (χ3n) is 3.60. The fraction of sp³-hybridized carbons (Fsp3) is 0.250. The average molecular weight is 448 g/mol. The van der Waals surface area contributed by atoms with Crippen molar-refractivity contribution in [3.63, 3.8) is 0 Å². The number of methoxy groups -OCH3 is 1. The second kappa shape index (κ2) is 10.5. The molecule has 0 unspecified atom stereocenters. The number of aryl methyl sites for hydroxylation is 1. The number of carbonyl (C=O) groups excluding carboxylic acids is 2. The van der Waals surface area contributed by atoms with Crippen molar-refractivity contribution in [2.45, 2.75) is 20.3 Å². The standard InChI is InChI=1S/C20H22BrN3O4/c1-13-4-9-18(27-3)17(10-13)22-19(25)11-14(2)23-24-20(26)12-28-16-7-5-15(21)6-8-16/h4-10H,11-12H2,1-3H3,(H,22,25)(H,24,26)/b23-14+. The van der Waals surface area contributed by atoms with Crippen molar-refractivity contribution in [3.8, 4) is 11.5 Å². The zero-order chi connectivity index (χ0) is 20.5. The van der Waals surface area contributed by atoms with Gasteiger partial charge in [-0.05, 0) is 55.8 Å². The molecule has 0 fully saturated rings. The molecule has 0 bridgehead atoms. The number of amides is 2. The summed E-state index contributed by atoms with van der Waals surface area (Å²) in [7, 11) is 1.54. The normalized spacial score (nSPS) is 10.9. The van der Waals surface area contributed by atoms with Crippen LogP contribution in [0.2, 0.25) is 0 Å².